The maximum atomic E-state index is 11.7. The molecule has 3 N–H and O–H groups in total. The topological polar surface area (TPSA) is 64.3 Å². The molecular formula is C13H21ClN2O2. The molecule has 102 valence electrons. The van der Waals surface area contributed by atoms with Gasteiger partial charge in [-0.1, -0.05) is 6.92 Å². The summed E-state index contributed by atoms with van der Waals surface area (Å²) in [5.74, 6) is 0.995. The summed E-state index contributed by atoms with van der Waals surface area (Å²) in [6.45, 7) is 5.72. The molecule has 1 aromatic rings. The third-order valence-electron chi connectivity index (χ3n) is 2.44. The lowest BCUT2D eigenvalue weighted by molar-refractivity contribution is 0.0948. The molecule has 0 radical (unpaired) electrons. The van der Waals surface area contributed by atoms with Crippen LogP contribution in [0.4, 0.5) is 0 Å². The lowest BCUT2D eigenvalue weighted by Gasteiger charge is -2.10. The van der Waals surface area contributed by atoms with Crippen molar-refractivity contribution in [2.45, 2.75) is 13.8 Å². The van der Waals surface area contributed by atoms with Crippen molar-refractivity contribution >= 4 is 18.3 Å². The Hall–Kier alpha value is -1.26. The van der Waals surface area contributed by atoms with E-state index in [2.05, 4.69) is 5.32 Å². The number of hydrogen-bond donors (Lipinski definition) is 2. The van der Waals surface area contributed by atoms with Gasteiger partial charge in [0.15, 0.2) is 0 Å². The van der Waals surface area contributed by atoms with E-state index < -0.39 is 0 Å². The smallest absolute Gasteiger partial charge is 0.251 e. The highest BCUT2D eigenvalue weighted by atomic mass is 35.5. The van der Waals surface area contributed by atoms with Crippen LogP contribution in [-0.2, 0) is 0 Å². The molecule has 0 spiro atoms. The molecule has 1 aromatic carbocycles. The van der Waals surface area contributed by atoms with Gasteiger partial charge < -0.3 is 15.8 Å². The van der Waals surface area contributed by atoms with Crippen LogP contribution in [0.1, 0.15) is 24.2 Å². The lowest BCUT2D eigenvalue weighted by atomic mass is 10.1. The van der Waals surface area contributed by atoms with Crippen molar-refractivity contribution in [3.8, 4) is 5.75 Å². The second-order valence-corrected chi connectivity index (χ2v) is 4.01. The van der Waals surface area contributed by atoms with Crippen molar-refractivity contribution in [2.75, 3.05) is 19.7 Å². The molecule has 0 aliphatic heterocycles. The van der Waals surface area contributed by atoms with E-state index >= 15 is 0 Å². The monoisotopic (exact) mass is 272 g/mol. The van der Waals surface area contributed by atoms with Crippen LogP contribution in [0.3, 0.4) is 0 Å². The summed E-state index contributed by atoms with van der Waals surface area (Å²) in [5, 5.41) is 2.84. The summed E-state index contributed by atoms with van der Waals surface area (Å²) in [7, 11) is 0. The summed E-state index contributed by atoms with van der Waals surface area (Å²) in [6.07, 6.45) is 0. The minimum atomic E-state index is -0.0756. The summed E-state index contributed by atoms with van der Waals surface area (Å²) < 4.78 is 5.31. The summed E-state index contributed by atoms with van der Waals surface area (Å²) in [6, 6.07) is 7.11. The van der Waals surface area contributed by atoms with E-state index in [0.29, 0.717) is 31.2 Å². The highest BCUT2D eigenvalue weighted by Gasteiger charge is 2.06. The Kier molecular flexibility index (Phi) is 8.16. The number of benzene rings is 1. The normalized spacial score (nSPS) is 11.3. The first-order valence-corrected chi connectivity index (χ1v) is 5.88. The number of amides is 1. The molecule has 0 aliphatic carbocycles. The van der Waals surface area contributed by atoms with Crippen LogP contribution >= 0.6 is 12.4 Å². The average Bonchev–Trinajstić information content (AvgIpc) is 2.36. The standard InChI is InChI=1S/C13H20N2O2.ClH/c1-3-17-12-6-4-11(5-7-12)13(16)15-9-10(2)8-14;/h4-7,10H,3,8-9,14H2,1-2H3,(H,15,16);1H. The van der Waals surface area contributed by atoms with Crippen molar-refractivity contribution in [2.24, 2.45) is 11.7 Å². The van der Waals surface area contributed by atoms with Gasteiger partial charge in [0.2, 0.25) is 0 Å². The first-order chi connectivity index (χ1) is 8.17. The zero-order chi connectivity index (χ0) is 12.7. The van der Waals surface area contributed by atoms with Gasteiger partial charge in [0.25, 0.3) is 5.91 Å². The summed E-state index contributed by atoms with van der Waals surface area (Å²) in [5.41, 5.74) is 6.12. The largest absolute Gasteiger partial charge is 0.494 e. The second-order valence-electron chi connectivity index (χ2n) is 4.01. The fraction of sp³-hybridized carbons (Fsp3) is 0.462. The molecule has 0 bridgehead atoms. The number of carbonyl (C=O) groups is 1. The number of carbonyl (C=O) groups excluding carboxylic acids is 1. The molecular weight excluding hydrogens is 252 g/mol. The van der Waals surface area contributed by atoms with E-state index in [0.717, 1.165) is 5.75 Å². The quantitative estimate of drug-likeness (QED) is 0.830. The molecule has 1 unspecified atom stereocenters. The van der Waals surface area contributed by atoms with Crippen molar-refractivity contribution in [3.05, 3.63) is 29.8 Å². The van der Waals surface area contributed by atoms with Crippen LogP contribution in [-0.4, -0.2) is 25.6 Å². The van der Waals surface area contributed by atoms with Gasteiger partial charge in [-0.2, -0.15) is 0 Å². The summed E-state index contributed by atoms with van der Waals surface area (Å²) in [4.78, 5) is 11.7. The van der Waals surface area contributed by atoms with Crippen LogP contribution < -0.4 is 15.8 Å². The van der Waals surface area contributed by atoms with Crippen molar-refractivity contribution in [3.63, 3.8) is 0 Å². The molecule has 1 amide bonds. The molecule has 0 aromatic heterocycles. The molecule has 0 saturated carbocycles. The zero-order valence-electron chi connectivity index (χ0n) is 10.8. The minimum absolute atomic E-state index is 0. The minimum Gasteiger partial charge on any atom is -0.494 e. The third-order valence-corrected chi connectivity index (χ3v) is 2.44. The SMILES string of the molecule is CCOc1ccc(C(=O)NCC(C)CN)cc1.Cl. The van der Waals surface area contributed by atoms with E-state index in [1.54, 1.807) is 24.3 Å². The molecule has 0 fully saturated rings. The molecule has 1 rings (SSSR count). The highest BCUT2D eigenvalue weighted by Crippen LogP contribution is 2.11. The fourth-order valence-corrected chi connectivity index (χ4v) is 1.32. The zero-order valence-corrected chi connectivity index (χ0v) is 11.6. The molecule has 18 heavy (non-hydrogen) atoms. The van der Waals surface area contributed by atoms with Crippen LogP contribution in [0.5, 0.6) is 5.75 Å². The van der Waals surface area contributed by atoms with E-state index in [9.17, 15) is 4.79 Å². The third kappa shape index (κ3) is 5.38. The average molecular weight is 273 g/mol. The maximum Gasteiger partial charge on any atom is 0.251 e. The van der Waals surface area contributed by atoms with Gasteiger partial charge in [0.1, 0.15) is 5.75 Å². The molecule has 0 saturated heterocycles. The molecule has 5 heteroatoms. The van der Waals surface area contributed by atoms with Gasteiger partial charge in [-0.25, -0.2) is 0 Å². The van der Waals surface area contributed by atoms with Crippen LogP contribution in [0.25, 0.3) is 0 Å². The second kappa shape index (κ2) is 8.78. The maximum absolute atomic E-state index is 11.7. The fourth-order valence-electron chi connectivity index (χ4n) is 1.32. The molecule has 0 heterocycles. The number of rotatable bonds is 6. The molecule has 4 nitrogen and oxygen atoms in total. The highest BCUT2D eigenvalue weighted by molar-refractivity contribution is 5.94. The van der Waals surface area contributed by atoms with Crippen molar-refractivity contribution in [1.82, 2.24) is 5.32 Å². The van der Waals surface area contributed by atoms with Crippen LogP contribution in [0.15, 0.2) is 24.3 Å². The van der Waals surface area contributed by atoms with Crippen molar-refractivity contribution in [1.29, 1.82) is 0 Å². The Balaban J connectivity index is 0.00000289. The Labute approximate surface area is 114 Å². The first kappa shape index (κ1) is 16.7. The Morgan fingerprint density at radius 2 is 2.00 bits per heavy atom. The van der Waals surface area contributed by atoms with E-state index in [-0.39, 0.29) is 18.3 Å². The molecule has 1 atom stereocenters. The number of nitrogens with two attached hydrogens (primary N) is 1. The van der Waals surface area contributed by atoms with Crippen LogP contribution in [0.2, 0.25) is 0 Å². The van der Waals surface area contributed by atoms with E-state index in [4.69, 9.17) is 10.5 Å². The van der Waals surface area contributed by atoms with Gasteiger partial charge in [-0.15, -0.1) is 12.4 Å². The van der Waals surface area contributed by atoms with Gasteiger partial charge in [-0.3, -0.25) is 4.79 Å². The van der Waals surface area contributed by atoms with Gasteiger partial charge in [0, 0.05) is 12.1 Å². The predicted octanol–water partition coefficient (Wildman–Crippen LogP) is 1.83. The Bertz CT molecular complexity index is 355. The number of ether oxygens (including phenoxy) is 1. The van der Waals surface area contributed by atoms with Crippen LogP contribution in [0, 0.1) is 5.92 Å². The molecule has 0 aliphatic rings. The van der Waals surface area contributed by atoms with E-state index in [1.165, 1.54) is 0 Å². The first-order valence-electron chi connectivity index (χ1n) is 5.88. The Morgan fingerprint density at radius 1 is 1.39 bits per heavy atom. The predicted molar refractivity (Wildman–Crippen MR) is 75.4 cm³/mol. The van der Waals surface area contributed by atoms with Crippen molar-refractivity contribution < 1.29 is 9.53 Å². The van der Waals surface area contributed by atoms with E-state index in [1.807, 2.05) is 13.8 Å². The van der Waals surface area contributed by atoms with Gasteiger partial charge in [-0.05, 0) is 43.7 Å². The number of halogens is 1. The van der Waals surface area contributed by atoms with Gasteiger partial charge in [0.05, 0.1) is 6.61 Å². The Morgan fingerprint density at radius 3 is 2.50 bits per heavy atom. The number of nitrogens with one attached hydrogen (secondary N) is 1. The number of hydrogen-bond acceptors (Lipinski definition) is 3. The van der Waals surface area contributed by atoms with Gasteiger partial charge >= 0.3 is 0 Å². The lowest BCUT2D eigenvalue weighted by Crippen LogP contribution is -2.31. The summed E-state index contributed by atoms with van der Waals surface area (Å²) >= 11 is 0.